The fourth-order valence-corrected chi connectivity index (χ4v) is 4.28. The number of thiazole rings is 1. The summed E-state index contributed by atoms with van der Waals surface area (Å²) in [4.78, 5) is 7.09. The molecular formula is C18H20N2OS2. The number of aromatic nitrogens is 1. The van der Waals surface area contributed by atoms with E-state index in [2.05, 4.69) is 59.5 Å². The second kappa shape index (κ2) is 7.25. The van der Waals surface area contributed by atoms with Gasteiger partial charge in [-0.25, -0.2) is 4.99 Å². The average Bonchev–Trinajstić information content (AvgIpc) is 3.17. The Morgan fingerprint density at radius 1 is 1.17 bits per heavy atom. The summed E-state index contributed by atoms with van der Waals surface area (Å²) in [6.45, 7) is 5.16. The van der Waals surface area contributed by atoms with Crippen molar-refractivity contribution in [2.24, 2.45) is 4.99 Å². The average molecular weight is 345 g/mol. The van der Waals surface area contributed by atoms with Gasteiger partial charge in [-0.3, -0.25) is 0 Å². The lowest BCUT2D eigenvalue weighted by molar-refractivity contribution is 0.279. The standard InChI is InChI=1S/C18H20N2OS2/c1-13-6-7-15(14(2)11-13)19-18-20(8-4-9-21)16(12-23-18)17-5-3-10-22-17/h3,5-7,10-12,21H,4,8-9H2,1-2H3. The third kappa shape index (κ3) is 3.63. The van der Waals surface area contributed by atoms with Crippen LogP contribution in [-0.2, 0) is 6.54 Å². The van der Waals surface area contributed by atoms with Gasteiger partial charge in [-0.1, -0.05) is 23.8 Å². The number of hydrogen-bond donors (Lipinski definition) is 1. The highest BCUT2D eigenvalue weighted by Crippen LogP contribution is 2.26. The molecule has 0 atom stereocenters. The van der Waals surface area contributed by atoms with Crippen molar-refractivity contribution in [2.45, 2.75) is 26.8 Å². The third-order valence-electron chi connectivity index (χ3n) is 3.68. The van der Waals surface area contributed by atoms with Gasteiger partial charge in [0.15, 0.2) is 4.80 Å². The molecule has 0 aliphatic carbocycles. The fraction of sp³-hybridized carbons (Fsp3) is 0.278. The van der Waals surface area contributed by atoms with Gasteiger partial charge >= 0.3 is 0 Å². The number of benzene rings is 1. The first kappa shape index (κ1) is 16.2. The van der Waals surface area contributed by atoms with Crippen LogP contribution in [0.25, 0.3) is 10.6 Å². The normalized spacial score (nSPS) is 12.0. The summed E-state index contributed by atoms with van der Waals surface area (Å²) in [5.41, 5.74) is 4.62. The Labute approximate surface area is 144 Å². The van der Waals surface area contributed by atoms with E-state index in [1.807, 2.05) is 0 Å². The molecule has 0 saturated carbocycles. The van der Waals surface area contributed by atoms with Crippen LogP contribution < -0.4 is 4.80 Å². The molecule has 0 amide bonds. The third-order valence-corrected chi connectivity index (χ3v) is 5.44. The Kier molecular flexibility index (Phi) is 5.10. The molecule has 0 aliphatic heterocycles. The molecule has 0 unspecified atom stereocenters. The maximum Gasteiger partial charge on any atom is 0.190 e. The lowest BCUT2D eigenvalue weighted by Crippen LogP contribution is -2.16. The van der Waals surface area contributed by atoms with Gasteiger partial charge in [0.25, 0.3) is 0 Å². The maximum absolute atomic E-state index is 9.20. The predicted octanol–water partition coefficient (Wildman–Crippen LogP) is 4.51. The minimum atomic E-state index is 0.190. The largest absolute Gasteiger partial charge is 0.396 e. The van der Waals surface area contributed by atoms with E-state index in [1.54, 1.807) is 22.7 Å². The number of aryl methyl sites for hydroxylation is 2. The van der Waals surface area contributed by atoms with Crippen LogP contribution in [0.2, 0.25) is 0 Å². The summed E-state index contributed by atoms with van der Waals surface area (Å²) >= 11 is 3.38. The molecule has 0 bridgehead atoms. The van der Waals surface area contributed by atoms with E-state index in [4.69, 9.17) is 4.99 Å². The SMILES string of the molecule is Cc1ccc(N=c2scc(-c3cccs3)n2CCCO)c(C)c1. The molecule has 1 aromatic carbocycles. The van der Waals surface area contributed by atoms with E-state index in [1.165, 1.54) is 21.7 Å². The van der Waals surface area contributed by atoms with Crippen LogP contribution in [0.1, 0.15) is 17.5 Å². The van der Waals surface area contributed by atoms with Crippen LogP contribution in [0.15, 0.2) is 46.1 Å². The van der Waals surface area contributed by atoms with Crippen molar-refractivity contribution >= 4 is 28.4 Å². The van der Waals surface area contributed by atoms with Gasteiger partial charge in [0.1, 0.15) is 0 Å². The zero-order valence-electron chi connectivity index (χ0n) is 13.3. The summed E-state index contributed by atoms with van der Waals surface area (Å²) in [5.74, 6) is 0. The van der Waals surface area contributed by atoms with Gasteiger partial charge in [0.2, 0.25) is 0 Å². The molecule has 0 spiro atoms. The number of aliphatic hydroxyl groups is 1. The van der Waals surface area contributed by atoms with E-state index in [0.717, 1.165) is 23.5 Å². The van der Waals surface area contributed by atoms with Crippen LogP contribution in [-0.4, -0.2) is 16.3 Å². The van der Waals surface area contributed by atoms with Gasteiger partial charge in [-0.2, -0.15) is 0 Å². The molecule has 0 fully saturated rings. The zero-order valence-corrected chi connectivity index (χ0v) is 15.0. The lowest BCUT2D eigenvalue weighted by atomic mass is 10.1. The maximum atomic E-state index is 9.20. The zero-order chi connectivity index (χ0) is 16.2. The first-order valence-corrected chi connectivity index (χ1v) is 9.40. The molecular weight excluding hydrogens is 324 g/mol. The molecule has 0 aliphatic rings. The molecule has 0 saturated heterocycles. The molecule has 3 aromatic rings. The van der Waals surface area contributed by atoms with Crippen LogP contribution in [0.5, 0.6) is 0 Å². The first-order chi connectivity index (χ1) is 11.2. The molecule has 2 aromatic heterocycles. The van der Waals surface area contributed by atoms with Crippen LogP contribution >= 0.6 is 22.7 Å². The number of rotatable bonds is 5. The van der Waals surface area contributed by atoms with Crippen LogP contribution in [0, 0.1) is 13.8 Å². The van der Waals surface area contributed by atoms with Crippen molar-refractivity contribution in [1.29, 1.82) is 0 Å². The van der Waals surface area contributed by atoms with Crippen molar-refractivity contribution in [1.82, 2.24) is 4.57 Å². The number of nitrogens with zero attached hydrogens (tertiary/aromatic N) is 2. The topological polar surface area (TPSA) is 37.5 Å². The minimum Gasteiger partial charge on any atom is -0.396 e. The predicted molar refractivity (Wildman–Crippen MR) is 98.5 cm³/mol. The first-order valence-electron chi connectivity index (χ1n) is 7.64. The van der Waals surface area contributed by atoms with Crippen molar-refractivity contribution in [2.75, 3.05) is 6.61 Å². The molecule has 3 rings (SSSR count). The summed E-state index contributed by atoms with van der Waals surface area (Å²) in [6, 6.07) is 10.5. The Morgan fingerprint density at radius 3 is 2.74 bits per heavy atom. The number of thiophene rings is 1. The molecule has 0 radical (unpaired) electrons. The summed E-state index contributed by atoms with van der Waals surface area (Å²) in [6.07, 6.45) is 0.731. The highest BCUT2D eigenvalue weighted by Gasteiger charge is 2.09. The Balaban J connectivity index is 2.09. The summed E-state index contributed by atoms with van der Waals surface area (Å²) < 4.78 is 2.21. The van der Waals surface area contributed by atoms with Crippen LogP contribution in [0.4, 0.5) is 5.69 Å². The fourth-order valence-electron chi connectivity index (χ4n) is 2.52. The Bertz CT molecular complexity index is 844. The van der Waals surface area contributed by atoms with Crippen molar-refractivity contribution < 1.29 is 5.11 Å². The van der Waals surface area contributed by atoms with E-state index in [-0.39, 0.29) is 6.61 Å². The molecule has 120 valence electrons. The highest BCUT2D eigenvalue weighted by molar-refractivity contribution is 7.14. The molecule has 1 N–H and O–H groups in total. The smallest absolute Gasteiger partial charge is 0.190 e. The highest BCUT2D eigenvalue weighted by atomic mass is 32.1. The Hall–Kier alpha value is -1.69. The van der Waals surface area contributed by atoms with Gasteiger partial charge in [0, 0.05) is 18.5 Å². The monoisotopic (exact) mass is 344 g/mol. The van der Waals surface area contributed by atoms with Crippen LogP contribution in [0.3, 0.4) is 0 Å². The van der Waals surface area contributed by atoms with Crippen molar-refractivity contribution in [3.63, 3.8) is 0 Å². The molecule has 23 heavy (non-hydrogen) atoms. The van der Waals surface area contributed by atoms with E-state index in [9.17, 15) is 5.11 Å². The second-order valence-electron chi connectivity index (χ2n) is 5.51. The minimum absolute atomic E-state index is 0.190. The summed E-state index contributed by atoms with van der Waals surface area (Å²) in [5, 5.41) is 13.4. The number of aliphatic hydroxyl groups excluding tert-OH is 1. The van der Waals surface area contributed by atoms with Gasteiger partial charge in [-0.05, 0) is 43.3 Å². The molecule has 5 heteroatoms. The van der Waals surface area contributed by atoms with Gasteiger partial charge < -0.3 is 9.67 Å². The van der Waals surface area contributed by atoms with Gasteiger partial charge in [-0.15, -0.1) is 22.7 Å². The van der Waals surface area contributed by atoms with Gasteiger partial charge in [0.05, 0.1) is 16.3 Å². The summed E-state index contributed by atoms with van der Waals surface area (Å²) in [7, 11) is 0. The van der Waals surface area contributed by atoms with Crippen molar-refractivity contribution in [3.05, 3.63) is 57.0 Å². The van der Waals surface area contributed by atoms with E-state index >= 15 is 0 Å². The van der Waals surface area contributed by atoms with Crippen molar-refractivity contribution in [3.8, 4) is 10.6 Å². The van der Waals surface area contributed by atoms with E-state index in [0.29, 0.717) is 0 Å². The van der Waals surface area contributed by atoms with E-state index < -0.39 is 0 Å². The quantitative estimate of drug-likeness (QED) is 0.726. The lowest BCUT2D eigenvalue weighted by Gasteiger charge is -2.07. The molecule has 2 heterocycles. The Morgan fingerprint density at radius 2 is 2.04 bits per heavy atom. The number of hydrogen-bond acceptors (Lipinski definition) is 4. The second-order valence-corrected chi connectivity index (χ2v) is 7.30. The molecule has 3 nitrogen and oxygen atoms in total.